The topological polar surface area (TPSA) is 90.2 Å². The zero-order valence-electron chi connectivity index (χ0n) is 19.2. The summed E-state index contributed by atoms with van der Waals surface area (Å²) in [5.41, 5.74) is 5.10. The van der Waals surface area contributed by atoms with E-state index in [0.29, 0.717) is 23.0 Å². The summed E-state index contributed by atoms with van der Waals surface area (Å²) in [4.78, 5) is 14.3. The molecule has 0 atom stereocenters. The van der Waals surface area contributed by atoms with Gasteiger partial charge in [0.25, 0.3) is 0 Å². The molecule has 3 rings (SSSR count). The molecule has 3 aromatic rings. The Morgan fingerprint density at radius 2 is 0.833 bits per heavy atom. The van der Waals surface area contributed by atoms with E-state index in [9.17, 15) is 0 Å². The van der Waals surface area contributed by atoms with Crippen LogP contribution in [-0.2, 0) is 0 Å². The molecule has 30 heavy (non-hydrogen) atoms. The molecule has 0 aliphatic carbocycles. The van der Waals surface area contributed by atoms with E-state index in [1.54, 1.807) is 0 Å². The number of aromatic nitrogens is 7. The van der Waals surface area contributed by atoms with Crippen molar-refractivity contribution in [3.05, 3.63) is 41.0 Å². The highest BCUT2D eigenvalue weighted by molar-refractivity contribution is 5.57. The second-order valence-electron chi connectivity index (χ2n) is 8.84. The molecule has 0 saturated heterocycles. The van der Waals surface area contributed by atoms with Gasteiger partial charge < -0.3 is 0 Å². The van der Waals surface area contributed by atoms with Crippen LogP contribution in [0.1, 0.15) is 102 Å². The Kier molecular flexibility index (Phi) is 6.48. The van der Waals surface area contributed by atoms with Crippen molar-refractivity contribution >= 4 is 0 Å². The zero-order chi connectivity index (χ0) is 22.0. The van der Waals surface area contributed by atoms with Crippen LogP contribution < -0.4 is 0 Å². The second kappa shape index (κ2) is 8.90. The van der Waals surface area contributed by atoms with Crippen molar-refractivity contribution in [1.29, 1.82) is 0 Å². The fourth-order valence-electron chi connectivity index (χ4n) is 3.27. The molecule has 7 heteroatoms. The first-order valence-corrected chi connectivity index (χ1v) is 10.7. The molecule has 0 radical (unpaired) electrons. The number of nitrogens with zero attached hydrogens (tertiary/aromatic N) is 7. The molecular formula is C23H31N7. The number of hydrogen-bond donors (Lipinski definition) is 0. The van der Waals surface area contributed by atoms with Crippen molar-refractivity contribution in [1.82, 2.24) is 35.3 Å². The number of hydrogen-bond acceptors (Lipinski definition) is 7. The van der Waals surface area contributed by atoms with Gasteiger partial charge in [-0.15, -0.1) is 10.2 Å². The predicted octanol–water partition coefficient (Wildman–Crippen LogP) is 5.28. The van der Waals surface area contributed by atoms with Crippen LogP contribution in [-0.4, -0.2) is 35.3 Å². The van der Waals surface area contributed by atoms with Crippen molar-refractivity contribution in [2.45, 2.75) is 79.1 Å². The number of rotatable bonds is 6. The van der Waals surface area contributed by atoms with Gasteiger partial charge in [0.15, 0.2) is 0 Å². The molecule has 0 aromatic carbocycles. The average Bonchev–Trinajstić information content (AvgIpc) is 2.72. The predicted molar refractivity (Wildman–Crippen MR) is 118 cm³/mol. The Balaban J connectivity index is 2.06. The Morgan fingerprint density at radius 1 is 0.467 bits per heavy atom. The van der Waals surface area contributed by atoms with Gasteiger partial charge in [-0.05, 0) is 35.8 Å². The standard InChI is InChI=1S/C23H31N7/c1-12(2)18-20(14(5)6)27-29-22(25-18)16-10-9-11-17(24-16)23-26-19(13(3)4)21(15(7)8)28-30-23/h9-15H,1-8H3. The third-order valence-electron chi connectivity index (χ3n) is 4.88. The second-order valence-corrected chi connectivity index (χ2v) is 8.84. The third kappa shape index (κ3) is 4.50. The molecule has 0 bridgehead atoms. The minimum absolute atomic E-state index is 0.254. The Hall–Kier alpha value is -2.83. The Labute approximate surface area is 178 Å². The van der Waals surface area contributed by atoms with Crippen LogP contribution >= 0.6 is 0 Å². The summed E-state index contributed by atoms with van der Waals surface area (Å²) in [5, 5.41) is 17.6. The Bertz CT molecular complexity index is 947. The normalized spacial score (nSPS) is 11.9. The van der Waals surface area contributed by atoms with Crippen LogP contribution in [0.25, 0.3) is 23.0 Å². The summed E-state index contributed by atoms with van der Waals surface area (Å²) in [6.45, 7) is 16.9. The van der Waals surface area contributed by atoms with Crippen LogP contribution in [0.3, 0.4) is 0 Å². The molecule has 0 aliphatic heterocycles. The lowest BCUT2D eigenvalue weighted by Gasteiger charge is -2.14. The lowest BCUT2D eigenvalue weighted by molar-refractivity contribution is 0.695. The highest BCUT2D eigenvalue weighted by Crippen LogP contribution is 2.26. The van der Waals surface area contributed by atoms with Crippen LogP contribution in [0, 0.1) is 0 Å². The quantitative estimate of drug-likeness (QED) is 0.551. The van der Waals surface area contributed by atoms with Crippen LogP contribution in [0.15, 0.2) is 18.2 Å². The van der Waals surface area contributed by atoms with Gasteiger partial charge in [0.1, 0.15) is 11.4 Å². The van der Waals surface area contributed by atoms with E-state index in [1.807, 2.05) is 18.2 Å². The summed E-state index contributed by atoms with van der Waals surface area (Å²) in [6.07, 6.45) is 0. The van der Waals surface area contributed by atoms with Crippen molar-refractivity contribution in [3.8, 4) is 23.0 Å². The lowest BCUT2D eigenvalue weighted by Crippen LogP contribution is -2.10. The number of pyridine rings is 1. The highest BCUT2D eigenvalue weighted by Gasteiger charge is 2.19. The maximum absolute atomic E-state index is 4.79. The van der Waals surface area contributed by atoms with E-state index in [4.69, 9.17) is 15.0 Å². The minimum Gasteiger partial charge on any atom is -0.241 e. The summed E-state index contributed by atoms with van der Waals surface area (Å²) in [5.74, 6) is 2.07. The molecule has 0 saturated carbocycles. The average molecular weight is 406 g/mol. The van der Waals surface area contributed by atoms with Gasteiger partial charge >= 0.3 is 0 Å². The summed E-state index contributed by atoms with van der Waals surface area (Å²) in [6, 6.07) is 5.69. The Morgan fingerprint density at radius 3 is 1.17 bits per heavy atom. The molecule has 7 nitrogen and oxygen atoms in total. The van der Waals surface area contributed by atoms with Crippen molar-refractivity contribution in [2.75, 3.05) is 0 Å². The first-order chi connectivity index (χ1) is 14.2. The molecule has 0 fully saturated rings. The SMILES string of the molecule is CC(C)c1nnc(-c2cccc(-c3nnc(C(C)C)c(C(C)C)n3)n2)nc1C(C)C. The molecule has 3 aromatic heterocycles. The monoisotopic (exact) mass is 405 g/mol. The van der Waals surface area contributed by atoms with E-state index >= 15 is 0 Å². The fraction of sp³-hybridized carbons (Fsp3) is 0.522. The maximum Gasteiger partial charge on any atom is 0.200 e. The van der Waals surface area contributed by atoms with Crippen molar-refractivity contribution in [2.24, 2.45) is 0 Å². The molecule has 0 aliphatic rings. The van der Waals surface area contributed by atoms with E-state index in [0.717, 1.165) is 22.8 Å². The molecule has 0 spiro atoms. The first-order valence-electron chi connectivity index (χ1n) is 10.7. The van der Waals surface area contributed by atoms with Gasteiger partial charge in [0.2, 0.25) is 11.6 Å². The van der Waals surface area contributed by atoms with Crippen LogP contribution in [0.4, 0.5) is 0 Å². The van der Waals surface area contributed by atoms with Crippen molar-refractivity contribution in [3.63, 3.8) is 0 Å². The van der Waals surface area contributed by atoms with Gasteiger partial charge in [0.05, 0.1) is 22.8 Å². The van der Waals surface area contributed by atoms with Crippen molar-refractivity contribution < 1.29 is 0 Å². The van der Waals surface area contributed by atoms with Gasteiger partial charge in [0, 0.05) is 0 Å². The minimum atomic E-state index is 0.254. The lowest BCUT2D eigenvalue weighted by atomic mass is 10.0. The highest BCUT2D eigenvalue weighted by atomic mass is 15.2. The molecule has 158 valence electrons. The zero-order valence-corrected chi connectivity index (χ0v) is 19.2. The third-order valence-corrected chi connectivity index (χ3v) is 4.88. The molecular weight excluding hydrogens is 374 g/mol. The summed E-state index contributed by atoms with van der Waals surface area (Å²) < 4.78 is 0. The first kappa shape index (κ1) is 21.9. The van der Waals surface area contributed by atoms with E-state index in [1.165, 1.54) is 0 Å². The molecule has 0 N–H and O–H groups in total. The summed E-state index contributed by atoms with van der Waals surface area (Å²) >= 11 is 0. The van der Waals surface area contributed by atoms with Crippen LogP contribution in [0.5, 0.6) is 0 Å². The van der Waals surface area contributed by atoms with Gasteiger partial charge in [-0.25, -0.2) is 15.0 Å². The summed E-state index contributed by atoms with van der Waals surface area (Å²) in [7, 11) is 0. The van der Waals surface area contributed by atoms with Gasteiger partial charge in [-0.1, -0.05) is 61.5 Å². The smallest absolute Gasteiger partial charge is 0.200 e. The fourth-order valence-corrected chi connectivity index (χ4v) is 3.27. The van der Waals surface area contributed by atoms with E-state index < -0.39 is 0 Å². The maximum atomic E-state index is 4.79. The van der Waals surface area contributed by atoms with E-state index in [-0.39, 0.29) is 23.7 Å². The van der Waals surface area contributed by atoms with Gasteiger partial charge in [-0.3, -0.25) is 0 Å². The molecule has 0 unspecified atom stereocenters. The largest absolute Gasteiger partial charge is 0.241 e. The molecule has 0 amide bonds. The van der Waals surface area contributed by atoms with E-state index in [2.05, 4.69) is 75.8 Å². The van der Waals surface area contributed by atoms with Crippen LogP contribution in [0.2, 0.25) is 0 Å². The molecule has 3 heterocycles. The van der Waals surface area contributed by atoms with Gasteiger partial charge in [-0.2, -0.15) is 10.2 Å².